The summed E-state index contributed by atoms with van der Waals surface area (Å²) in [5, 5.41) is 11.2. The monoisotopic (exact) mass is 445 g/mol. The van der Waals surface area contributed by atoms with Crippen LogP contribution < -0.4 is 16.2 Å². The molecule has 0 radical (unpaired) electrons. The number of benzene rings is 6. The number of hydrogen-bond donors (Lipinski definition) is 1. The van der Waals surface area contributed by atoms with Gasteiger partial charge in [0.15, 0.2) is 0 Å². The highest BCUT2D eigenvalue weighted by molar-refractivity contribution is 6.91. The minimum absolute atomic E-state index is 0.0304. The molecule has 2 heterocycles. The van der Waals surface area contributed by atoms with Crippen LogP contribution in [0.3, 0.4) is 0 Å². The van der Waals surface area contributed by atoms with Gasteiger partial charge < -0.3 is 9.64 Å². The Balaban J connectivity index is 1.61. The Hall–Kier alpha value is -4.50. The highest BCUT2D eigenvalue weighted by Crippen LogP contribution is 2.48. The van der Waals surface area contributed by atoms with Crippen LogP contribution in [0.2, 0.25) is 0 Å². The van der Waals surface area contributed by atoms with Gasteiger partial charge in [-0.2, -0.15) is 0 Å². The van der Waals surface area contributed by atoms with E-state index in [2.05, 4.69) is 114 Å². The first-order valence-electron chi connectivity index (χ1n) is 12.1. The second-order valence-corrected chi connectivity index (χ2v) is 9.33. The highest BCUT2D eigenvalue weighted by atomic mass is 16.3. The third-order valence-electron chi connectivity index (χ3n) is 7.49. The molecule has 0 aliphatic carbocycles. The number of hydrogen-bond acceptors (Lipinski definition) is 2. The van der Waals surface area contributed by atoms with Crippen LogP contribution in [0.4, 0.5) is 5.69 Å². The van der Waals surface area contributed by atoms with Crippen molar-refractivity contribution in [2.45, 2.75) is 0 Å². The Morgan fingerprint density at radius 2 is 1.26 bits per heavy atom. The fraction of sp³-hybridized carbons (Fsp3) is 0. The predicted molar refractivity (Wildman–Crippen MR) is 149 cm³/mol. The van der Waals surface area contributed by atoms with Crippen LogP contribution in [0.25, 0.3) is 54.6 Å². The van der Waals surface area contributed by atoms with Crippen molar-refractivity contribution in [3.8, 4) is 11.1 Å². The average Bonchev–Trinajstić information content (AvgIpc) is 3.33. The lowest BCUT2D eigenvalue weighted by atomic mass is 9.46. The molecule has 0 saturated carbocycles. The summed E-state index contributed by atoms with van der Waals surface area (Å²) in [5.74, 6) is 0. The largest absolute Gasteiger partial charge is 0.455 e. The van der Waals surface area contributed by atoms with Crippen molar-refractivity contribution in [1.29, 1.82) is 0 Å². The highest BCUT2D eigenvalue weighted by Gasteiger charge is 2.34. The Morgan fingerprint density at radius 3 is 2.11 bits per heavy atom. The zero-order valence-corrected chi connectivity index (χ0v) is 19.0. The fourth-order valence-corrected chi connectivity index (χ4v) is 6.00. The lowest BCUT2D eigenvalue weighted by Gasteiger charge is -2.31. The van der Waals surface area contributed by atoms with Crippen LogP contribution in [0.1, 0.15) is 0 Å². The maximum absolute atomic E-state index is 6.49. The third kappa shape index (κ3) is 2.55. The molecule has 0 spiro atoms. The molecule has 1 N–H and O–H groups in total. The van der Waals surface area contributed by atoms with E-state index < -0.39 is 0 Å². The van der Waals surface area contributed by atoms with Crippen molar-refractivity contribution in [3.05, 3.63) is 115 Å². The normalized spacial score (nSPS) is 12.7. The quantitative estimate of drug-likeness (QED) is 0.273. The van der Waals surface area contributed by atoms with Gasteiger partial charge in [-0.05, 0) is 33.3 Å². The van der Waals surface area contributed by atoms with Gasteiger partial charge in [-0.3, -0.25) is 0 Å². The summed E-state index contributed by atoms with van der Waals surface area (Å²) < 4.78 is 6.49. The molecule has 1 aliphatic rings. The molecule has 35 heavy (non-hydrogen) atoms. The zero-order chi connectivity index (χ0) is 22.9. The summed E-state index contributed by atoms with van der Waals surface area (Å²) >= 11 is 0. The van der Waals surface area contributed by atoms with E-state index in [1.807, 2.05) is 6.07 Å². The Kier molecular flexibility index (Phi) is 3.78. The number of rotatable bonds is 1. The van der Waals surface area contributed by atoms with Gasteiger partial charge in [-0.15, -0.1) is 0 Å². The summed E-state index contributed by atoms with van der Waals surface area (Å²) in [4.78, 5) is 0. The van der Waals surface area contributed by atoms with E-state index in [1.165, 1.54) is 38.2 Å². The molecule has 3 heteroatoms. The van der Waals surface area contributed by atoms with E-state index in [0.29, 0.717) is 0 Å². The minimum atomic E-state index is 0.0304. The molecule has 2 nitrogen and oxygen atoms in total. The molecule has 7 aromatic rings. The molecule has 1 aliphatic heterocycles. The summed E-state index contributed by atoms with van der Waals surface area (Å²) in [7, 11) is 0. The molecule has 8 rings (SSSR count). The van der Waals surface area contributed by atoms with Gasteiger partial charge in [0.05, 0.1) is 5.39 Å². The van der Waals surface area contributed by atoms with E-state index in [4.69, 9.17) is 4.42 Å². The van der Waals surface area contributed by atoms with Crippen LogP contribution in [0.15, 0.2) is 120 Å². The van der Waals surface area contributed by atoms with Crippen LogP contribution in [0.5, 0.6) is 0 Å². The van der Waals surface area contributed by atoms with Crippen LogP contribution in [-0.2, 0) is 0 Å². The summed E-state index contributed by atoms with van der Waals surface area (Å²) in [6.45, 7) is 0.0304. The topological polar surface area (TPSA) is 25.2 Å². The second kappa shape index (κ2) is 7.00. The molecule has 0 unspecified atom stereocenters. The van der Waals surface area contributed by atoms with Gasteiger partial charge in [0.25, 0.3) is 0 Å². The Morgan fingerprint density at radius 1 is 0.571 bits per heavy atom. The lowest BCUT2D eigenvalue weighted by Crippen LogP contribution is -2.52. The lowest BCUT2D eigenvalue weighted by molar-refractivity contribution is 0.673. The molecular weight excluding hydrogens is 425 g/mol. The van der Waals surface area contributed by atoms with E-state index in [-0.39, 0.29) is 6.85 Å². The van der Waals surface area contributed by atoms with Gasteiger partial charge in [-0.1, -0.05) is 115 Å². The van der Waals surface area contributed by atoms with Gasteiger partial charge in [0.2, 0.25) is 0 Å². The third-order valence-corrected chi connectivity index (χ3v) is 7.49. The molecular formula is C32H20BNO. The van der Waals surface area contributed by atoms with Crippen molar-refractivity contribution in [1.82, 2.24) is 0 Å². The number of fused-ring (bicyclic) bond motifs is 12. The van der Waals surface area contributed by atoms with E-state index >= 15 is 0 Å². The number of furan rings is 1. The molecule has 1 aromatic heterocycles. The SMILES string of the molecule is c1ccc(B2Nc3c(c4ccccc4c4oc5ccccc5c34)-c3ccc4ccccc4c32)cc1. The van der Waals surface area contributed by atoms with Crippen molar-refractivity contribution >= 4 is 66.9 Å². The fourth-order valence-electron chi connectivity index (χ4n) is 6.00. The van der Waals surface area contributed by atoms with Crippen molar-refractivity contribution in [2.24, 2.45) is 0 Å². The number of nitrogens with one attached hydrogen (secondary N) is 1. The molecule has 6 aromatic carbocycles. The molecule has 0 atom stereocenters. The molecule has 0 bridgehead atoms. The molecule has 0 fully saturated rings. The zero-order valence-electron chi connectivity index (χ0n) is 19.0. The van der Waals surface area contributed by atoms with Crippen molar-refractivity contribution in [3.63, 3.8) is 0 Å². The standard InChI is InChI=1S/C32H20BNO/c1-2-11-21(12-3-1)33-30-22-13-5-4-10-20(22)18-19-26(30)28-23-14-6-7-15-24(23)32-29(31(28)34-33)25-16-8-9-17-27(25)35-32/h1-19,34H. The smallest absolute Gasteiger partial charge is 0.322 e. The van der Waals surface area contributed by atoms with Gasteiger partial charge >= 0.3 is 6.85 Å². The average molecular weight is 445 g/mol. The summed E-state index contributed by atoms with van der Waals surface area (Å²) in [5.41, 5.74) is 8.15. The predicted octanol–water partition coefficient (Wildman–Crippen LogP) is 7.09. The summed E-state index contributed by atoms with van der Waals surface area (Å²) in [6, 6.07) is 41.1. The maximum Gasteiger partial charge on any atom is 0.322 e. The van der Waals surface area contributed by atoms with E-state index in [1.54, 1.807) is 0 Å². The van der Waals surface area contributed by atoms with Gasteiger partial charge in [0, 0.05) is 22.0 Å². The van der Waals surface area contributed by atoms with E-state index in [0.717, 1.165) is 33.0 Å². The van der Waals surface area contributed by atoms with Crippen LogP contribution >= 0.6 is 0 Å². The van der Waals surface area contributed by atoms with Gasteiger partial charge in [0.1, 0.15) is 11.2 Å². The van der Waals surface area contributed by atoms with Crippen LogP contribution in [-0.4, -0.2) is 6.85 Å². The number of anilines is 1. The van der Waals surface area contributed by atoms with Crippen molar-refractivity contribution < 1.29 is 4.42 Å². The molecule has 0 saturated heterocycles. The first-order valence-corrected chi connectivity index (χ1v) is 12.1. The van der Waals surface area contributed by atoms with Gasteiger partial charge in [-0.25, -0.2) is 0 Å². The molecule has 162 valence electrons. The van der Waals surface area contributed by atoms with E-state index in [9.17, 15) is 0 Å². The van der Waals surface area contributed by atoms with Crippen LogP contribution in [0, 0.1) is 0 Å². The summed E-state index contributed by atoms with van der Waals surface area (Å²) in [6.07, 6.45) is 0. The Bertz CT molecular complexity index is 1940. The first kappa shape index (κ1) is 18.9. The first-order chi connectivity index (χ1) is 17.4. The minimum Gasteiger partial charge on any atom is -0.455 e. The Labute approximate surface area is 202 Å². The number of para-hydroxylation sites is 1. The second-order valence-electron chi connectivity index (χ2n) is 9.33. The molecule has 0 amide bonds. The maximum atomic E-state index is 6.49. The van der Waals surface area contributed by atoms with Crippen molar-refractivity contribution in [2.75, 3.05) is 5.23 Å².